The third-order valence-corrected chi connectivity index (χ3v) is 5.09. The number of primary amides is 1. The van der Waals surface area contributed by atoms with Gasteiger partial charge in [0.1, 0.15) is 5.82 Å². The fourth-order valence-electron chi connectivity index (χ4n) is 3.42. The van der Waals surface area contributed by atoms with Crippen LogP contribution in [0, 0.1) is 11.7 Å². The minimum absolute atomic E-state index is 0. The number of nitrogens with two attached hydrogens (primary N) is 1. The molecule has 1 unspecified atom stereocenters. The van der Waals surface area contributed by atoms with E-state index in [1.165, 1.54) is 37.8 Å². The maximum absolute atomic E-state index is 13.0. The highest BCUT2D eigenvalue weighted by molar-refractivity contribution is 14.0. The van der Waals surface area contributed by atoms with Gasteiger partial charge in [-0.05, 0) is 37.0 Å². The summed E-state index contributed by atoms with van der Waals surface area (Å²) in [5.41, 5.74) is 6.39. The Hall–Kier alpha value is -1.42. The lowest BCUT2D eigenvalue weighted by Crippen LogP contribution is -2.44. The lowest BCUT2D eigenvalue weighted by atomic mass is 9.98. The minimum atomic E-state index is -0.411. The third kappa shape index (κ3) is 10.3. The van der Waals surface area contributed by atoms with Crippen molar-refractivity contribution < 1.29 is 13.9 Å². The lowest BCUT2D eigenvalue weighted by Gasteiger charge is -2.18. The lowest BCUT2D eigenvalue weighted by molar-refractivity contribution is -0.121. The van der Waals surface area contributed by atoms with E-state index in [-0.39, 0.29) is 29.8 Å². The molecule has 1 aliphatic carbocycles. The summed E-state index contributed by atoms with van der Waals surface area (Å²) >= 11 is 0. The second-order valence-electron chi connectivity index (χ2n) is 7.29. The van der Waals surface area contributed by atoms with E-state index < -0.39 is 11.8 Å². The Morgan fingerprint density at radius 3 is 2.45 bits per heavy atom. The number of rotatable bonds is 9. The Morgan fingerprint density at radius 1 is 1.21 bits per heavy atom. The van der Waals surface area contributed by atoms with Crippen LogP contribution in [-0.4, -0.2) is 44.7 Å². The number of nitrogens with zero attached hydrogens (tertiary/aromatic N) is 1. The smallest absolute Gasteiger partial charge is 0.222 e. The Labute approximate surface area is 190 Å². The molecule has 0 bridgehead atoms. The first-order valence-electron chi connectivity index (χ1n) is 10.2. The zero-order valence-electron chi connectivity index (χ0n) is 17.2. The van der Waals surface area contributed by atoms with Gasteiger partial charge in [-0.3, -0.25) is 9.79 Å². The highest BCUT2D eigenvalue weighted by atomic mass is 127. The first-order chi connectivity index (χ1) is 13.6. The Kier molecular flexibility index (Phi) is 12.8. The van der Waals surface area contributed by atoms with Gasteiger partial charge in [-0.25, -0.2) is 4.39 Å². The molecule has 0 aliphatic heterocycles. The van der Waals surface area contributed by atoms with Gasteiger partial charge in [0.25, 0.3) is 0 Å². The summed E-state index contributed by atoms with van der Waals surface area (Å²) in [6.45, 7) is 1.63. The molecular weight excluding hydrogens is 486 g/mol. The SMILES string of the molecule is CN=C(NCCOC1CCCCCC1)NCC(Cc1ccc(F)cc1)C(N)=O.I. The van der Waals surface area contributed by atoms with Crippen LogP contribution in [0.15, 0.2) is 29.3 Å². The van der Waals surface area contributed by atoms with Gasteiger partial charge in [0.2, 0.25) is 5.91 Å². The van der Waals surface area contributed by atoms with Gasteiger partial charge in [-0.15, -0.1) is 24.0 Å². The summed E-state index contributed by atoms with van der Waals surface area (Å²) in [6, 6.07) is 6.11. The van der Waals surface area contributed by atoms with E-state index in [0.717, 1.165) is 18.4 Å². The topological polar surface area (TPSA) is 88.7 Å². The number of ether oxygens (including phenoxy) is 1. The minimum Gasteiger partial charge on any atom is -0.376 e. The van der Waals surface area contributed by atoms with E-state index in [0.29, 0.717) is 38.2 Å². The average Bonchev–Trinajstić information content (AvgIpc) is 2.96. The fourth-order valence-corrected chi connectivity index (χ4v) is 3.42. The number of guanidine groups is 1. The van der Waals surface area contributed by atoms with Crippen molar-refractivity contribution in [1.29, 1.82) is 0 Å². The van der Waals surface area contributed by atoms with E-state index in [2.05, 4.69) is 15.6 Å². The van der Waals surface area contributed by atoms with Crippen LogP contribution >= 0.6 is 24.0 Å². The van der Waals surface area contributed by atoms with Crippen LogP contribution < -0.4 is 16.4 Å². The molecule has 0 aromatic heterocycles. The highest BCUT2D eigenvalue weighted by Crippen LogP contribution is 2.19. The monoisotopic (exact) mass is 520 g/mol. The number of aliphatic imine (C=N–C) groups is 1. The van der Waals surface area contributed by atoms with Crippen molar-refractivity contribution in [3.05, 3.63) is 35.6 Å². The van der Waals surface area contributed by atoms with Crippen molar-refractivity contribution in [1.82, 2.24) is 10.6 Å². The van der Waals surface area contributed by atoms with Crippen LogP contribution in [-0.2, 0) is 16.0 Å². The number of carbonyl (C=O) groups excluding carboxylic acids is 1. The zero-order chi connectivity index (χ0) is 20.2. The third-order valence-electron chi connectivity index (χ3n) is 5.09. The van der Waals surface area contributed by atoms with Crippen LogP contribution in [0.4, 0.5) is 4.39 Å². The molecule has 8 heteroatoms. The van der Waals surface area contributed by atoms with Crippen LogP contribution in [0.5, 0.6) is 0 Å². The molecule has 0 radical (unpaired) electrons. The van der Waals surface area contributed by atoms with Crippen LogP contribution in [0.2, 0.25) is 0 Å². The number of carbonyl (C=O) groups is 1. The molecule has 1 aliphatic rings. The molecule has 0 heterocycles. The van der Waals surface area contributed by atoms with E-state index in [4.69, 9.17) is 10.5 Å². The van der Waals surface area contributed by atoms with E-state index in [1.54, 1.807) is 19.2 Å². The van der Waals surface area contributed by atoms with Gasteiger partial charge >= 0.3 is 0 Å². The summed E-state index contributed by atoms with van der Waals surface area (Å²) in [5, 5.41) is 6.34. The number of benzene rings is 1. The number of amides is 1. The predicted octanol–water partition coefficient (Wildman–Crippen LogP) is 2.99. The number of nitrogens with one attached hydrogen (secondary N) is 2. The summed E-state index contributed by atoms with van der Waals surface area (Å²) in [4.78, 5) is 15.9. The molecule has 1 amide bonds. The fraction of sp³-hybridized carbons (Fsp3) is 0.619. The van der Waals surface area contributed by atoms with Gasteiger partial charge in [-0.2, -0.15) is 0 Å². The van der Waals surface area contributed by atoms with Gasteiger partial charge in [0.15, 0.2) is 5.96 Å². The summed E-state index contributed by atoms with van der Waals surface area (Å²) in [6.07, 6.45) is 8.25. The molecule has 29 heavy (non-hydrogen) atoms. The largest absolute Gasteiger partial charge is 0.376 e. The molecule has 1 fully saturated rings. The van der Waals surface area contributed by atoms with Crippen molar-refractivity contribution in [3.63, 3.8) is 0 Å². The quantitative estimate of drug-likeness (QED) is 0.154. The first-order valence-corrected chi connectivity index (χ1v) is 10.2. The van der Waals surface area contributed by atoms with E-state index in [9.17, 15) is 9.18 Å². The average molecular weight is 520 g/mol. The molecular formula is C21H34FIN4O2. The van der Waals surface area contributed by atoms with Crippen molar-refractivity contribution >= 4 is 35.8 Å². The summed E-state index contributed by atoms with van der Waals surface area (Å²) in [7, 11) is 1.68. The Balaban J connectivity index is 0.00000420. The predicted molar refractivity (Wildman–Crippen MR) is 125 cm³/mol. The van der Waals surface area contributed by atoms with E-state index in [1.807, 2.05) is 0 Å². The second-order valence-corrected chi connectivity index (χ2v) is 7.29. The van der Waals surface area contributed by atoms with Gasteiger partial charge in [-0.1, -0.05) is 37.8 Å². The van der Waals surface area contributed by atoms with Crippen molar-refractivity contribution in [2.75, 3.05) is 26.7 Å². The maximum atomic E-state index is 13.0. The zero-order valence-corrected chi connectivity index (χ0v) is 19.5. The van der Waals surface area contributed by atoms with Crippen LogP contribution in [0.3, 0.4) is 0 Å². The molecule has 6 nitrogen and oxygen atoms in total. The Bertz CT molecular complexity index is 620. The van der Waals surface area contributed by atoms with E-state index >= 15 is 0 Å². The molecule has 0 saturated heterocycles. The molecule has 164 valence electrons. The number of halogens is 2. The first kappa shape index (κ1) is 25.6. The normalized spacial score (nSPS) is 16.4. The molecule has 2 rings (SSSR count). The maximum Gasteiger partial charge on any atom is 0.222 e. The van der Waals surface area contributed by atoms with Crippen molar-refractivity contribution in [2.24, 2.45) is 16.6 Å². The number of hydrogen-bond donors (Lipinski definition) is 3. The molecule has 4 N–H and O–H groups in total. The molecule has 1 aromatic rings. The molecule has 0 spiro atoms. The molecule has 1 atom stereocenters. The summed E-state index contributed by atoms with van der Waals surface area (Å²) < 4.78 is 19.0. The van der Waals surface area contributed by atoms with Gasteiger partial charge < -0.3 is 21.1 Å². The molecule has 1 saturated carbocycles. The Morgan fingerprint density at radius 2 is 1.86 bits per heavy atom. The van der Waals surface area contributed by atoms with Crippen LogP contribution in [0.25, 0.3) is 0 Å². The van der Waals surface area contributed by atoms with Gasteiger partial charge in [0, 0.05) is 20.1 Å². The standard InChI is InChI=1S/C21H33FN4O2.HI/c1-24-21(25-12-13-28-19-6-4-2-3-5-7-19)26-15-17(20(23)27)14-16-8-10-18(22)11-9-16;/h8-11,17,19H,2-7,12-15H2,1H3,(H2,23,27)(H2,24,25,26);1H. The summed E-state index contributed by atoms with van der Waals surface area (Å²) in [5.74, 6) is -0.502. The number of hydrogen-bond acceptors (Lipinski definition) is 3. The molecule has 1 aromatic carbocycles. The van der Waals surface area contributed by atoms with Crippen molar-refractivity contribution in [3.8, 4) is 0 Å². The van der Waals surface area contributed by atoms with Gasteiger partial charge in [0.05, 0.1) is 18.6 Å². The van der Waals surface area contributed by atoms with Crippen molar-refractivity contribution in [2.45, 2.75) is 51.0 Å². The highest BCUT2D eigenvalue weighted by Gasteiger charge is 2.17. The second kappa shape index (κ2) is 14.5. The van der Waals surface area contributed by atoms with Crippen LogP contribution in [0.1, 0.15) is 44.1 Å².